The largest absolute Gasteiger partial charge is 0.497 e. The minimum Gasteiger partial charge on any atom is -0.497 e. The first kappa shape index (κ1) is 16.3. The van der Waals surface area contributed by atoms with Gasteiger partial charge in [-0.3, -0.25) is 9.59 Å². The molecule has 0 radical (unpaired) electrons. The molecule has 0 aliphatic rings. The third-order valence-electron chi connectivity index (χ3n) is 2.87. The number of hydrogen-bond donors (Lipinski definition) is 2. The van der Waals surface area contributed by atoms with Crippen LogP contribution in [-0.2, 0) is 9.59 Å². The van der Waals surface area contributed by atoms with Crippen molar-refractivity contribution in [2.75, 3.05) is 12.4 Å². The second kappa shape index (κ2) is 7.79. The molecule has 7 nitrogen and oxygen atoms in total. The molecule has 0 bridgehead atoms. The first-order chi connectivity index (χ1) is 11.1. The number of carbonyl (C=O) groups is 2. The molecule has 0 fully saturated rings. The second-order valence-corrected chi connectivity index (χ2v) is 4.60. The molecule has 120 valence electrons. The Labute approximate surface area is 132 Å². The molecule has 0 aliphatic carbocycles. The number of aromatic nitrogens is 1. The van der Waals surface area contributed by atoms with Gasteiger partial charge in [0.1, 0.15) is 11.5 Å². The molecule has 1 heterocycles. The Balaban J connectivity index is 1.90. The minimum absolute atomic E-state index is 0.0839. The number of hydrogen-bond acceptors (Lipinski definition) is 5. The van der Waals surface area contributed by atoms with Crippen LogP contribution in [0.15, 0.2) is 42.6 Å². The molecular weight excluding hydrogens is 300 g/mol. The zero-order valence-corrected chi connectivity index (χ0v) is 12.5. The van der Waals surface area contributed by atoms with E-state index in [1.165, 1.54) is 6.20 Å². The van der Waals surface area contributed by atoms with E-state index in [1.807, 2.05) is 0 Å². The number of carboxylic acids is 1. The Bertz CT molecular complexity index is 668. The Kier molecular flexibility index (Phi) is 5.51. The maximum atomic E-state index is 11.5. The maximum absolute atomic E-state index is 11.5. The topological polar surface area (TPSA) is 97.8 Å². The van der Waals surface area contributed by atoms with Crippen LogP contribution >= 0.6 is 0 Å². The van der Waals surface area contributed by atoms with Gasteiger partial charge in [-0.15, -0.1) is 0 Å². The molecule has 2 aromatic rings. The number of aliphatic carboxylic acids is 1. The third-order valence-corrected chi connectivity index (χ3v) is 2.87. The summed E-state index contributed by atoms with van der Waals surface area (Å²) < 4.78 is 10.6. The fraction of sp³-hybridized carbons (Fsp3) is 0.188. The number of nitrogens with zero attached hydrogens (tertiary/aromatic N) is 1. The van der Waals surface area contributed by atoms with Crippen molar-refractivity contribution < 1.29 is 24.2 Å². The van der Waals surface area contributed by atoms with E-state index in [1.54, 1.807) is 43.5 Å². The summed E-state index contributed by atoms with van der Waals surface area (Å²) in [6.07, 6.45) is 1.15. The summed E-state index contributed by atoms with van der Waals surface area (Å²) in [5.41, 5.74) is 0.475. The van der Waals surface area contributed by atoms with Gasteiger partial charge in [0.15, 0.2) is 0 Å². The van der Waals surface area contributed by atoms with Crippen LogP contribution in [0.4, 0.5) is 5.69 Å². The van der Waals surface area contributed by atoms with E-state index < -0.39 is 5.97 Å². The molecule has 0 atom stereocenters. The van der Waals surface area contributed by atoms with Gasteiger partial charge in [0.05, 0.1) is 25.4 Å². The van der Waals surface area contributed by atoms with Crippen LogP contribution in [-0.4, -0.2) is 29.1 Å². The normalized spacial score (nSPS) is 9.96. The third kappa shape index (κ3) is 5.31. The molecule has 7 heteroatoms. The molecule has 2 rings (SSSR count). The van der Waals surface area contributed by atoms with Crippen LogP contribution in [0, 0.1) is 0 Å². The van der Waals surface area contributed by atoms with E-state index in [4.69, 9.17) is 14.6 Å². The van der Waals surface area contributed by atoms with Crippen molar-refractivity contribution >= 4 is 17.6 Å². The van der Waals surface area contributed by atoms with Crippen molar-refractivity contribution in [1.29, 1.82) is 0 Å². The SMILES string of the molecule is COc1ccc(Oc2ccc(NC(=O)CCC(=O)O)cn2)cc1. The number of amides is 1. The van der Waals surface area contributed by atoms with Gasteiger partial charge in [0, 0.05) is 12.5 Å². The van der Waals surface area contributed by atoms with Gasteiger partial charge in [0.2, 0.25) is 11.8 Å². The van der Waals surface area contributed by atoms with Gasteiger partial charge < -0.3 is 19.9 Å². The van der Waals surface area contributed by atoms with Crippen molar-refractivity contribution in [3.8, 4) is 17.4 Å². The highest BCUT2D eigenvalue weighted by Gasteiger charge is 2.06. The second-order valence-electron chi connectivity index (χ2n) is 4.60. The summed E-state index contributed by atoms with van der Waals surface area (Å²) in [4.78, 5) is 26.0. The lowest BCUT2D eigenvalue weighted by Crippen LogP contribution is -2.13. The first-order valence-electron chi connectivity index (χ1n) is 6.86. The smallest absolute Gasteiger partial charge is 0.303 e. The average molecular weight is 316 g/mol. The zero-order valence-electron chi connectivity index (χ0n) is 12.5. The number of benzene rings is 1. The highest BCUT2D eigenvalue weighted by molar-refractivity contribution is 5.92. The number of methoxy groups -OCH3 is 1. The quantitative estimate of drug-likeness (QED) is 0.815. The molecule has 0 saturated heterocycles. The highest BCUT2D eigenvalue weighted by Crippen LogP contribution is 2.23. The van der Waals surface area contributed by atoms with Gasteiger partial charge >= 0.3 is 5.97 Å². The van der Waals surface area contributed by atoms with Crippen LogP contribution in [0.25, 0.3) is 0 Å². The van der Waals surface area contributed by atoms with E-state index in [0.717, 1.165) is 5.75 Å². The molecule has 1 amide bonds. The first-order valence-corrected chi connectivity index (χ1v) is 6.86. The summed E-state index contributed by atoms with van der Waals surface area (Å²) in [5.74, 6) is 0.319. The van der Waals surface area contributed by atoms with Crippen LogP contribution in [0.5, 0.6) is 17.4 Å². The zero-order chi connectivity index (χ0) is 16.7. The molecule has 1 aromatic heterocycles. The predicted molar refractivity (Wildman–Crippen MR) is 82.8 cm³/mol. The van der Waals surface area contributed by atoms with E-state index >= 15 is 0 Å². The van der Waals surface area contributed by atoms with Gasteiger partial charge in [-0.05, 0) is 30.3 Å². The Morgan fingerprint density at radius 2 is 1.78 bits per heavy atom. The van der Waals surface area contributed by atoms with Gasteiger partial charge in [-0.1, -0.05) is 0 Å². The molecule has 0 saturated carbocycles. The Morgan fingerprint density at radius 3 is 2.35 bits per heavy atom. The van der Waals surface area contributed by atoms with Crippen LogP contribution in [0.3, 0.4) is 0 Å². The lowest BCUT2D eigenvalue weighted by molar-refractivity contribution is -0.138. The van der Waals surface area contributed by atoms with Gasteiger partial charge in [0.25, 0.3) is 0 Å². The number of rotatable bonds is 7. The number of nitrogens with one attached hydrogen (secondary N) is 1. The van der Waals surface area contributed by atoms with Crippen molar-refractivity contribution in [3.05, 3.63) is 42.6 Å². The fourth-order valence-corrected chi connectivity index (χ4v) is 1.72. The summed E-state index contributed by atoms with van der Waals surface area (Å²) >= 11 is 0. The van der Waals surface area contributed by atoms with Crippen LogP contribution in [0.2, 0.25) is 0 Å². The molecule has 23 heavy (non-hydrogen) atoms. The Morgan fingerprint density at radius 1 is 1.09 bits per heavy atom. The molecule has 1 aromatic carbocycles. The van der Waals surface area contributed by atoms with E-state index in [2.05, 4.69) is 10.3 Å². The average Bonchev–Trinajstić information content (AvgIpc) is 2.55. The molecule has 2 N–H and O–H groups in total. The lowest BCUT2D eigenvalue weighted by atomic mass is 10.3. The number of anilines is 1. The monoisotopic (exact) mass is 316 g/mol. The van der Waals surface area contributed by atoms with E-state index in [-0.39, 0.29) is 18.7 Å². The van der Waals surface area contributed by atoms with Crippen molar-refractivity contribution in [1.82, 2.24) is 4.98 Å². The number of ether oxygens (including phenoxy) is 2. The lowest BCUT2D eigenvalue weighted by Gasteiger charge is -2.07. The molecular formula is C16H16N2O5. The number of carboxylic acid groups (broad SMARTS) is 1. The van der Waals surface area contributed by atoms with Gasteiger partial charge in [-0.25, -0.2) is 4.98 Å². The molecule has 0 unspecified atom stereocenters. The summed E-state index contributed by atoms with van der Waals surface area (Å²) in [7, 11) is 1.58. The van der Waals surface area contributed by atoms with Crippen molar-refractivity contribution in [2.45, 2.75) is 12.8 Å². The summed E-state index contributed by atoms with van der Waals surface area (Å²) in [6.45, 7) is 0. The minimum atomic E-state index is -1.01. The standard InChI is InChI=1S/C16H16N2O5/c1-22-12-3-5-13(6-4-12)23-15-8-2-11(10-17-15)18-14(19)7-9-16(20)21/h2-6,8,10H,7,9H2,1H3,(H,18,19)(H,20,21). The summed E-state index contributed by atoms with van der Waals surface area (Å²) in [5, 5.41) is 11.1. The molecule has 0 aliphatic heterocycles. The predicted octanol–water partition coefficient (Wildman–Crippen LogP) is 2.69. The van der Waals surface area contributed by atoms with Crippen molar-refractivity contribution in [3.63, 3.8) is 0 Å². The van der Waals surface area contributed by atoms with E-state index in [0.29, 0.717) is 17.3 Å². The van der Waals surface area contributed by atoms with E-state index in [9.17, 15) is 9.59 Å². The maximum Gasteiger partial charge on any atom is 0.303 e. The summed E-state index contributed by atoms with van der Waals surface area (Å²) in [6, 6.07) is 10.3. The highest BCUT2D eigenvalue weighted by atomic mass is 16.5. The van der Waals surface area contributed by atoms with Crippen molar-refractivity contribution in [2.24, 2.45) is 0 Å². The number of carbonyl (C=O) groups excluding carboxylic acids is 1. The fourth-order valence-electron chi connectivity index (χ4n) is 1.72. The Hall–Kier alpha value is -3.09. The number of pyridine rings is 1. The van der Waals surface area contributed by atoms with Crippen LogP contribution < -0.4 is 14.8 Å². The van der Waals surface area contributed by atoms with Gasteiger partial charge in [-0.2, -0.15) is 0 Å². The van der Waals surface area contributed by atoms with Crippen LogP contribution in [0.1, 0.15) is 12.8 Å². The molecule has 0 spiro atoms.